The fourth-order valence-electron chi connectivity index (χ4n) is 3.64. The lowest BCUT2D eigenvalue weighted by Gasteiger charge is -2.23. The molecule has 0 aliphatic carbocycles. The zero-order valence-corrected chi connectivity index (χ0v) is 21.2. The molecule has 8 heteroatoms. The number of nitrogens with zero attached hydrogens (tertiary/aromatic N) is 1. The highest BCUT2D eigenvalue weighted by Gasteiger charge is 2.22. The normalized spacial score (nSPS) is 12.1. The first-order valence-corrected chi connectivity index (χ1v) is 13.2. The summed E-state index contributed by atoms with van der Waals surface area (Å²) in [6.07, 6.45) is 1.06. The molecule has 184 valence electrons. The van der Waals surface area contributed by atoms with Gasteiger partial charge in [-0.25, -0.2) is 8.42 Å². The van der Waals surface area contributed by atoms with E-state index in [0.717, 1.165) is 21.7 Å². The van der Waals surface area contributed by atoms with Crippen LogP contribution >= 0.6 is 0 Å². The molecule has 0 unspecified atom stereocenters. The van der Waals surface area contributed by atoms with Gasteiger partial charge in [0.1, 0.15) is 6.54 Å². The molecule has 0 saturated carbocycles. The molecule has 0 bridgehead atoms. The summed E-state index contributed by atoms with van der Waals surface area (Å²) >= 11 is 0. The highest BCUT2D eigenvalue weighted by atomic mass is 32.2. The highest BCUT2D eigenvalue weighted by molar-refractivity contribution is 7.92. The maximum atomic E-state index is 13.0. The third-order valence-electron chi connectivity index (χ3n) is 5.63. The summed E-state index contributed by atoms with van der Waals surface area (Å²) in [5.74, 6) is -0.604. The number of carbonyl (C=O) groups is 2. The lowest BCUT2D eigenvalue weighted by atomic mass is 10.0. The molecule has 0 aliphatic heterocycles. The van der Waals surface area contributed by atoms with E-state index in [1.165, 1.54) is 0 Å². The fraction of sp³-hybridized carbons (Fsp3) is 0.259. The van der Waals surface area contributed by atoms with Gasteiger partial charge >= 0.3 is 0 Å². The monoisotopic (exact) mass is 493 g/mol. The molecule has 35 heavy (non-hydrogen) atoms. The van der Waals surface area contributed by atoms with Gasteiger partial charge in [0.15, 0.2) is 0 Å². The molecule has 0 aliphatic rings. The van der Waals surface area contributed by atoms with Crippen molar-refractivity contribution in [2.75, 3.05) is 22.4 Å². The molecule has 0 spiro atoms. The molecule has 3 rings (SSSR count). The molecule has 1 atom stereocenters. The predicted octanol–water partition coefficient (Wildman–Crippen LogP) is 4.71. The van der Waals surface area contributed by atoms with Crippen LogP contribution in [0.1, 0.15) is 54.2 Å². The lowest BCUT2D eigenvalue weighted by Crippen LogP contribution is -2.37. The number of para-hydroxylation sites is 1. The Morgan fingerprint density at radius 2 is 1.43 bits per heavy atom. The number of sulfonamides is 1. The second kappa shape index (κ2) is 11.2. The summed E-state index contributed by atoms with van der Waals surface area (Å²) in [5.41, 5.74) is 3.01. The minimum Gasteiger partial charge on any atom is -0.345 e. The van der Waals surface area contributed by atoms with Crippen LogP contribution in [0, 0.1) is 0 Å². The van der Waals surface area contributed by atoms with Gasteiger partial charge in [0, 0.05) is 0 Å². The number of amides is 2. The summed E-state index contributed by atoms with van der Waals surface area (Å²) in [4.78, 5) is 25.8. The average molecular weight is 494 g/mol. The predicted molar refractivity (Wildman–Crippen MR) is 140 cm³/mol. The number of anilines is 2. The van der Waals surface area contributed by atoms with Crippen molar-refractivity contribution in [3.05, 3.63) is 95.6 Å². The molecule has 0 aromatic heterocycles. The van der Waals surface area contributed by atoms with E-state index in [0.29, 0.717) is 17.3 Å². The van der Waals surface area contributed by atoms with Gasteiger partial charge in [0.05, 0.1) is 29.2 Å². The number of rotatable bonds is 9. The molecule has 0 fully saturated rings. The summed E-state index contributed by atoms with van der Waals surface area (Å²) in [6.45, 7) is 5.55. The van der Waals surface area contributed by atoms with E-state index in [4.69, 9.17) is 0 Å². The van der Waals surface area contributed by atoms with Crippen molar-refractivity contribution in [1.82, 2.24) is 5.32 Å². The van der Waals surface area contributed by atoms with Gasteiger partial charge in [-0.05, 0) is 48.2 Å². The maximum absolute atomic E-state index is 13.0. The Hall–Kier alpha value is -3.65. The summed E-state index contributed by atoms with van der Waals surface area (Å²) < 4.78 is 26.0. The van der Waals surface area contributed by atoms with Crippen molar-refractivity contribution in [2.24, 2.45) is 0 Å². The van der Waals surface area contributed by atoms with Gasteiger partial charge in [-0.3, -0.25) is 13.9 Å². The maximum Gasteiger partial charge on any atom is 0.253 e. The van der Waals surface area contributed by atoms with Crippen molar-refractivity contribution in [1.29, 1.82) is 0 Å². The number of hydrogen-bond acceptors (Lipinski definition) is 4. The first kappa shape index (κ1) is 26.0. The van der Waals surface area contributed by atoms with E-state index in [9.17, 15) is 18.0 Å². The van der Waals surface area contributed by atoms with E-state index in [1.54, 1.807) is 36.4 Å². The summed E-state index contributed by atoms with van der Waals surface area (Å²) in [6, 6.07) is 23.0. The second-order valence-corrected chi connectivity index (χ2v) is 10.6. The number of carbonyl (C=O) groups excluding carboxylic acids is 2. The van der Waals surface area contributed by atoms with Gasteiger partial charge in [-0.2, -0.15) is 0 Å². The molecular formula is C27H31N3O4S. The van der Waals surface area contributed by atoms with E-state index in [2.05, 4.69) is 10.6 Å². The Balaban J connectivity index is 1.76. The minimum absolute atomic E-state index is 0.234. The highest BCUT2D eigenvalue weighted by Crippen LogP contribution is 2.23. The van der Waals surface area contributed by atoms with E-state index < -0.39 is 22.5 Å². The van der Waals surface area contributed by atoms with Crippen molar-refractivity contribution in [2.45, 2.75) is 32.7 Å². The van der Waals surface area contributed by atoms with Crippen LogP contribution in [0.25, 0.3) is 0 Å². The molecular weight excluding hydrogens is 462 g/mol. The van der Waals surface area contributed by atoms with Crippen LogP contribution in [-0.4, -0.2) is 33.0 Å². The van der Waals surface area contributed by atoms with Crippen molar-refractivity contribution in [3.8, 4) is 0 Å². The van der Waals surface area contributed by atoms with Gasteiger partial charge < -0.3 is 10.6 Å². The van der Waals surface area contributed by atoms with Crippen molar-refractivity contribution >= 4 is 33.2 Å². The first-order valence-electron chi connectivity index (χ1n) is 11.4. The first-order chi connectivity index (χ1) is 16.6. The quantitative estimate of drug-likeness (QED) is 0.451. The number of nitrogens with one attached hydrogen (secondary N) is 2. The SMILES string of the molecule is CC(C)c1ccc(N(CC(=O)Nc2ccccc2C(=O)N[C@H](C)c2ccccc2)S(C)(=O)=O)cc1. The average Bonchev–Trinajstić information content (AvgIpc) is 2.82. The summed E-state index contributed by atoms with van der Waals surface area (Å²) in [7, 11) is -3.72. The van der Waals surface area contributed by atoms with E-state index in [1.807, 2.05) is 63.2 Å². The number of hydrogen-bond donors (Lipinski definition) is 2. The van der Waals surface area contributed by atoms with Gasteiger partial charge in [0.2, 0.25) is 15.9 Å². The zero-order chi connectivity index (χ0) is 25.6. The molecule has 3 aromatic carbocycles. The van der Waals surface area contributed by atoms with Crippen LogP contribution in [-0.2, 0) is 14.8 Å². The molecule has 2 amide bonds. The Kier molecular flexibility index (Phi) is 8.30. The Labute approximate surface area is 207 Å². The Morgan fingerprint density at radius 1 is 0.829 bits per heavy atom. The van der Waals surface area contributed by atoms with Gasteiger partial charge in [-0.1, -0.05) is 68.4 Å². The lowest BCUT2D eigenvalue weighted by molar-refractivity contribution is -0.114. The molecule has 0 saturated heterocycles. The van der Waals surface area contributed by atoms with Crippen LogP contribution in [0.2, 0.25) is 0 Å². The van der Waals surface area contributed by atoms with Crippen molar-refractivity contribution in [3.63, 3.8) is 0 Å². The largest absolute Gasteiger partial charge is 0.345 e. The molecule has 0 radical (unpaired) electrons. The van der Waals surface area contributed by atoms with Gasteiger partial charge in [0.25, 0.3) is 5.91 Å². The molecule has 0 heterocycles. The second-order valence-electron chi connectivity index (χ2n) is 8.72. The van der Waals surface area contributed by atoms with Crippen LogP contribution in [0.15, 0.2) is 78.9 Å². The smallest absolute Gasteiger partial charge is 0.253 e. The zero-order valence-electron chi connectivity index (χ0n) is 20.4. The van der Waals surface area contributed by atoms with E-state index >= 15 is 0 Å². The fourth-order valence-corrected chi connectivity index (χ4v) is 4.49. The molecule has 3 aromatic rings. The molecule has 2 N–H and O–H groups in total. The van der Waals surface area contributed by atoms with Crippen LogP contribution < -0.4 is 14.9 Å². The van der Waals surface area contributed by atoms with Crippen LogP contribution in [0.4, 0.5) is 11.4 Å². The third kappa shape index (κ3) is 6.93. The van der Waals surface area contributed by atoms with Crippen LogP contribution in [0.5, 0.6) is 0 Å². The summed E-state index contributed by atoms with van der Waals surface area (Å²) in [5, 5.41) is 5.64. The third-order valence-corrected chi connectivity index (χ3v) is 6.77. The van der Waals surface area contributed by atoms with Crippen molar-refractivity contribution < 1.29 is 18.0 Å². The Morgan fingerprint density at radius 3 is 2.03 bits per heavy atom. The topological polar surface area (TPSA) is 95.6 Å². The van der Waals surface area contributed by atoms with Gasteiger partial charge in [-0.15, -0.1) is 0 Å². The van der Waals surface area contributed by atoms with Crippen LogP contribution in [0.3, 0.4) is 0 Å². The van der Waals surface area contributed by atoms with E-state index in [-0.39, 0.29) is 17.5 Å². The number of benzene rings is 3. The molecule has 7 nitrogen and oxygen atoms in total. The standard InChI is InChI=1S/C27H31N3O4S/c1-19(2)21-14-16-23(17-15-21)30(35(4,33)34)18-26(31)29-25-13-9-8-12-24(25)27(32)28-20(3)22-10-6-5-7-11-22/h5-17,19-20H,18H2,1-4H3,(H,28,32)(H,29,31)/t20-/m1/s1. The minimum atomic E-state index is -3.72. The Bertz CT molecular complexity index is 1270.